The van der Waals surface area contributed by atoms with Gasteiger partial charge in [-0.3, -0.25) is 9.59 Å². The second-order valence-electron chi connectivity index (χ2n) is 9.74. The quantitative estimate of drug-likeness (QED) is 0.589. The third kappa shape index (κ3) is 4.74. The molecular formula is C27H34N2O5S. The van der Waals surface area contributed by atoms with Crippen LogP contribution in [0.1, 0.15) is 53.1 Å². The van der Waals surface area contributed by atoms with Crippen molar-refractivity contribution in [2.75, 3.05) is 13.1 Å². The van der Waals surface area contributed by atoms with E-state index in [2.05, 4.69) is 0 Å². The number of likely N-dealkylation sites (tertiary alicyclic amines) is 1. The zero-order valence-electron chi connectivity index (χ0n) is 21.1. The first-order valence-corrected chi connectivity index (χ1v) is 13.6. The molecular weight excluding hydrogens is 464 g/mol. The average molecular weight is 499 g/mol. The van der Waals surface area contributed by atoms with Crippen molar-refractivity contribution < 1.29 is 22.7 Å². The van der Waals surface area contributed by atoms with Crippen molar-refractivity contribution in [3.63, 3.8) is 0 Å². The van der Waals surface area contributed by atoms with Crippen LogP contribution in [0.3, 0.4) is 0 Å². The summed E-state index contributed by atoms with van der Waals surface area (Å²) >= 11 is 0. The summed E-state index contributed by atoms with van der Waals surface area (Å²) < 4.78 is 35.1. The second-order valence-corrected chi connectivity index (χ2v) is 11.6. The van der Waals surface area contributed by atoms with Crippen molar-refractivity contribution in [2.24, 2.45) is 0 Å². The predicted molar refractivity (Wildman–Crippen MR) is 133 cm³/mol. The minimum Gasteiger partial charge on any atom is -0.451 e. The third-order valence-corrected chi connectivity index (χ3v) is 9.53. The molecule has 2 aromatic carbocycles. The molecule has 1 amide bonds. The van der Waals surface area contributed by atoms with Gasteiger partial charge in [0, 0.05) is 26.1 Å². The molecule has 8 heteroatoms. The van der Waals surface area contributed by atoms with Gasteiger partial charge in [-0.2, -0.15) is 4.31 Å². The van der Waals surface area contributed by atoms with Gasteiger partial charge in [-0.05, 0) is 80.8 Å². The van der Waals surface area contributed by atoms with Crippen molar-refractivity contribution in [1.29, 1.82) is 0 Å². The molecule has 0 saturated carbocycles. The van der Waals surface area contributed by atoms with Gasteiger partial charge in [-0.25, -0.2) is 8.42 Å². The summed E-state index contributed by atoms with van der Waals surface area (Å²) in [4.78, 5) is 28.1. The Kier molecular flexibility index (Phi) is 7.06. The van der Waals surface area contributed by atoms with Crippen LogP contribution in [0.4, 0.5) is 0 Å². The number of fused-ring (bicyclic) bond motifs is 1. The number of rotatable bonds is 5. The molecule has 0 aromatic heterocycles. The molecule has 35 heavy (non-hydrogen) atoms. The zero-order chi connectivity index (χ0) is 25.5. The van der Waals surface area contributed by atoms with E-state index in [1.807, 2.05) is 44.2 Å². The van der Waals surface area contributed by atoms with Crippen molar-refractivity contribution in [1.82, 2.24) is 9.21 Å². The Morgan fingerprint density at radius 3 is 2.14 bits per heavy atom. The highest BCUT2D eigenvalue weighted by Gasteiger charge is 2.43. The van der Waals surface area contributed by atoms with Gasteiger partial charge in [0.2, 0.25) is 10.0 Å². The number of aryl methyl sites for hydroxylation is 2. The number of esters is 1. The number of sulfonamides is 1. The topological polar surface area (TPSA) is 84.0 Å². The lowest BCUT2D eigenvalue weighted by Crippen LogP contribution is -2.51. The van der Waals surface area contributed by atoms with Crippen LogP contribution in [0.2, 0.25) is 0 Å². The number of amides is 1. The molecule has 0 aliphatic carbocycles. The van der Waals surface area contributed by atoms with Gasteiger partial charge in [0.25, 0.3) is 5.91 Å². The Morgan fingerprint density at radius 1 is 0.971 bits per heavy atom. The highest BCUT2D eigenvalue weighted by atomic mass is 32.2. The Bertz CT molecular complexity index is 1240. The van der Waals surface area contributed by atoms with E-state index in [4.69, 9.17) is 4.74 Å². The van der Waals surface area contributed by atoms with E-state index in [-0.39, 0.29) is 23.8 Å². The van der Waals surface area contributed by atoms with Gasteiger partial charge in [-0.15, -0.1) is 0 Å². The van der Waals surface area contributed by atoms with E-state index >= 15 is 0 Å². The molecule has 1 fully saturated rings. The molecule has 0 radical (unpaired) electrons. The highest BCUT2D eigenvalue weighted by Crippen LogP contribution is 2.34. The van der Waals surface area contributed by atoms with Crippen LogP contribution < -0.4 is 0 Å². The summed E-state index contributed by atoms with van der Waals surface area (Å²) in [5.41, 5.74) is 4.89. The Balaban J connectivity index is 1.71. The van der Waals surface area contributed by atoms with Gasteiger partial charge >= 0.3 is 5.97 Å². The molecule has 0 unspecified atom stereocenters. The van der Waals surface area contributed by atoms with E-state index in [0.717, 1.165) is 35.1 Å². The Labute approximate surface area is 208 Å². The second kappa shape index (κ2) is 9.74. The van der Waals surface area contributed by atoms with E-state index in [1.165, 1.54) is 4.31 Å². The summed E-state index contributed by atoms with van der Waals surface area (Å²) in [5, 5.41) is 0. The van der Waals surface area contributed by atoms with Crippen molar-refractivity contribution in [3.8, 4) is 0 Å². The molecule has 2 aromatic rings. The zero-order valence-corrected chi connectivity index (χ0v) is 21.9. The summed E-state index contributed by atoms with van der Waals surface area (Å²) in [6, 6.07) is 8.47. The SMILES string of the molecule is Cc1cc(C)c(C)c(S(=O)(=O)N2Cc3ccccc3C[C@@H]2C(=O)O[C@H](C)C(=O)N2CCCC2)c1C. The molecule has 2 aliphatic heterocycles. The summed E-state index contributed by atoms with van der Waals surface area (Å²) in [7, 11) is -4.04. The van der Waals surface area contributed by atoms with Crippen LogP contribution in [0.15, 0.2) is 35.2 Å². The molecule has 0 N–H and O–H groups in total. The molecule has 2 heterocycles. The van der Waals surface area contributed by atoms with Crippen LogP contribution in [-0.2, 0) is 37.3 Å². The number of nitrogens with zero attached hydrogens (tertiary/aromatic N) is 2. The maximum Gasteiger partial charge on any atom is 0.325 e. The predicted octanol–water partition coefficient (Wildman–Crippen LogP) is 3.59. The monoisotopic (exact) mass is 498 g/mol. The standard InChI is InChI=1S/C27H34N2O5S/c1-17-14-18(2)20(4)25(19(17)3)35(32,33)29-16-23-11-7-6-10-22(23)15-24(29)27(31)34-21(5)26(30)28-12-8-9-13-28/h6-7,10-11,14,21,24H,8-9,12-13,15-16H2,1-5H3/t21-,24-/m1/s1. The average Bonchev–Trinajstić information content (AvgIpc) is 3.36. The molecule has 0 spiro atoms. The number of ether oxygens (including phenoxy) is 1. The van der Waals surface area contributed by atoms with Crippen LogP contribution in [0.25, 0.3) is 0 Å². The molecule has 0 bridgehead atoms. The van der Waals surface area contributed by atoms with Crippen molar-refractivity contribution in [3.05, 3.63) is 63.7 Å². The Hall–Kier alpha value is -2.71. The van der Waals surface area contributed by atoms with Crippen LogP contribution >= 0.6 is 0 Å². The van der Waals surface area contributed by atoms with Gasteiger partial charge in [0.15, 0.2) is 6.10 Å². The smallest absolute Gasteiger partial charge is 0.325 e. The number of hydrogen-bond acceptors (Lipinski definition) is 5. The molecule has 2 atom stereocenters. The van der Waals surface area contributed by atoms with Gasteiger partial charge in [-0.1, -0.05) is 30.3 Å². The van der Waals surface area contributed by atoms with Crippen molar-refractivity contribution >= 4 is 21.9 Å². The first-order valence-electron chi connectivity index (χ1n) is 12.2. The third-order valence-electron chi connectivity index (χ3n) is 7.40. The molecule has 2 aliphatic rings. The first-order chi connectivity index (χ1) is 16.5. The van der Waals surface area contributed by atoms with Crippen LogP contribution in [0.5, 0.6) is 0 Å². The number of benzene rings is 2. The van der Waals surface area contributed by atoms with Gasteiger partial charge in [0.1, 0.15) is 6.04 Å². The van der Waals surface area contributed by atoms with Crippen molar-refractivity contribution in [2.45, 2.75) is 77.5 Å². The van der Waals surface area contributed by atoms with Gasteiger partial charge < -0.3 is 9.64 Å². The summed E-state index contributed by atoms with van der Waals surface area (Å²) in [6.45, 7) is 10.3. The fraction of sp³-hybridized carbons (Fsp3) is 0.481. The number of carbonyl (C=O) groups excluding carboxylic acids is 2. The van der Waals surface area contributed by atoms with E-state index in [9.17, 15) is 18.0 Å². The summed E-state index contributed by atoms with van der Waals surface area (Å²) in [5.74, 6) is -0.926. The normalized spacial score (nSPS) is 19.3. The van der Waals surface area contributed by atoms with E-state index < -0.39 is 28.1 Å². The summed E-state index contributed by atoms with van der Waals surface area (Å²) in [6.07, 6.45) is 1.10. The van der Waals surface area contributed by atoms with Crippen LogP contribution in [-0.4, -0.2) is 54.7 Å². The molecule has 4 rings (SSSR count). The van der Waals surface area contributed by atoms with E-state index in [1.54, 1.807) is 25.7 Å². The van der Waals surface area contributed by atoms with Gasteiger partial charge in [0.05, 0.1) is 4.90 Å². The molecule has 188 valence electrons. The fourth-order valence-electron chi connectivity index (χ4n) is 5.14. The molecule has 1 saturated heterocycles. The highest BCUT2D eigenvalue weighted by molar-refractivity contribution is 7.89. The maximum atomic E-state index is 14.1. The minimum atomic E-state index is -4.04. The van der Waals surface area contributed by atoms with E-state index in [0.29, 0.717) is 24.2 Å². The fourth-order valence-corrected chi connectivity index (χ4v) is 7.27. The molecule has 7 nitrogen and oxygen atoms in total. The maximum absolute atomic E-state index is 14.1. The van der Waals surface area contributed by atoms with Crippen LogP contribution in [0, 0.1) is 27.7 Å². The lowest BCUT2D eigenvalue weighted by atomic mass is 9.96. The Morgan fingerprint density at radius 2 is 1.54 bits per heavy atom. The number of carbonyl (C=O) groups is 2. The number of hydrogen-bond donors (Lipinski definition) is 0. The minimum absolute atomic E-state index is 0.0681. The first kappa shape index (κ1) is 25.4. The lowest BCUT2D eigenvalue weighted by molar-refractivity contribution is -0.162. The lowest BCUT2D eigenvalue weighted by Gasteiger charge is -2.36. The largest absolute Gasteiger partial charge is 0.451 e.